The van der Waals surface area contributed by atoms with E-state index in [1.165, 1.54) is 0 Å². The van der Waals surface area contributed by atoms with Crippen molar-refractivity contribution in [3.8, 4) is 0 Å². The van der Waals surface area contributed by atoms with E-state index >= 15 is 0 Å². The molecule has 0 spiro atoms. The molecule has 0 saturated carbocycles. The van der Waals surface area contributed by atoms with Crippen molar-refractivity contribution < 1.29 is 9.52 Å². The first-order valence-corrected chi connectivity index (χ1v) is 4.53. The standard InChI is InChI=1S/C9H14N2O2/c1-11-3-2-7(4-11)8-6-13-9(5-12)10-8/h6-7,12H,2-5H2,1H3. The predicted molar refractivity (Wildman–Crippen MR) is 47.3 cm³/mol. The van der Waals surface area contributed by atoms with Crippen molar-refractivity contribution in [2.24, 2.45) is 0 Å². The number of aliphatic hydroxyl groups is 1. The summed E-state index contributed by atoms with van der Waals surface area (Å²) >= 11 is 0. The van der Waals surface area contributed by atoms with E-state index in [-0.39, 0.29) is 6.61 Å². The molecular formula is C9H14N2O2. The maximum atomic E-state index is 8.78. The Labute approximate surface area is 77.2 Å². The smallest absolute Gasteiger partial charge is 0.219 e. The van der Waals surface area contributed by atoms with E-state index < -0.39 is 0 Å². The van der Waals surface area contributed by atoms with Crippen LogP contribution in [-0.4, -0.2) is 35.1 Å². The van der Waals surface area contributed by atoms with Crippen LogP contribution in [-0.2, 0) is 6.61 Å². The largest absolute Gasteiger partial charge is 0.446 e. The monoisotopic (exact) mass is 182 g/mol. The van der Waals surface area contributed by atoms with E-state index in [1.54, 1.807) is 6.26 Å². The average Bonchev–Trinajstić information content (AvgIpc) is 2.71. The third-order valence-electron chi connectivity index (χ3n) is 2.51. The van der Waals surface area contributed by atoms with Crippen molar-refractivity contribution in [1.82, 2.24) is 9.88 Å². The molecule has 1 aromatic rings. The molecule has 0 amide bonds. The van der Waals surface area contributed by atoms with Crippen LogP contribution < -0.4 is 0 Å². The molecule has 0 aliphatic carbocycles. The van der Waals surface area contributed by atoms with Crippen molar-refractivity contribution in [1.29, 1.82) is 0 Å². The van der Waals surface area contributed by atoms with Gasteiger partial charge in [0, 0.05) is 12.5 Å². The Bertz CT molecular complexity index is 285. The summed E-state index contributed by atoms with van der Waals surface area (Å²) in [5, 5.41) is 8.78. The third kappa shape index (κ3) is 1.73. The summed E-state index contributed by atoms with van der Waals surface area (Å²) in [6.45, 7) is 2.05. The minimum Gasteiger partial charge on any atom is -0.446 e. The van der Waals surface area contributed by atoms with E-state index in [4.69, 9.17) is 9.52 Å². The Morgan fingerprint density at radius 2 is 2.62 bits per heavy atom. The Balaban J connectivity index is 2.08. The second-order valence-corrected chi connectivity index (χ2v) is 3.57. The zero-order valence-electron chi connectivity index (χ0n) is 7.73. The second kappa shape index (κ2) is 3.47. The number of aromatic nitrogens is 1. The number of aliphatic hydroxyl groups excluding tert-OH is 1. The first-order valence-electron chi connectivity index (χ1n) is 4.53. The number of hydrogen-bond donors (Lipinski definition) is 1. The summed E-state index contributed by atoms with van der Waals surface area (Å²) in [5.74, 6) is 0.901. The maximum Gasteiger partial charge on any atom is 0.219 e. The SMILES string of the molecule is CN1CCC(c2coc(CO)n2)C1. The number of rotatable bonds is 2. The van der Waals surface area contributed by atoms with Crippen LogP contribution in [0.3, 0.4) is 0 Å². The highest BCUT2D eigenvalue weighted by Crippen LogP contribution is 2.25. The topological polar surface area (TPSA) is 49.5 Å². The molecule has 1 aliphatic rings. The van der Waals surface area contributed by atoms with Gasteiger partial charge in [-0.05, 0) is 20.0 Å². The predicted octanol–water partition coefficient (Wildman–Crippen LogP) is 0.586. The fraction of sp³-hybridized carbons (Fsp3) is 0.667. The van der Waals surface area contributed by atoms with Crippen LogP contribution in [0.25, 0.3) is 0 Å². The molecule has 72 valence electrons. The molecule has 2 rings (SSSR count). The van der Waals surface area contributed by atoms with Crippen LogP contribution in [0, 0.1) is 0 Å². The summed E-state index contributed by atoms with van der Waals surface area (Å²) in [6.07, 6.45) is 2.79. The van der Waals surface area contributed by atoms with Crippen molar-refractivity contribution in [2.45, 2.75) is 18.9 Å². The van der Waals surface area contributed by atoms with Gasteiger partial charge < -0.3 is 14.4 Å². The van der Waals surface area contributed by atoms with Crippen LogP contribution in [0.2, 0.25) is 0 Å². The molecule has 1 N–H and O–H groups in total. The third-order valence-corrected chi connectivity index (χ3v) is 2.51. The fourth-order valence-electron chi connectivity index (χ4n) is 1.76. The second-order valence-electron chi connectivity index (χ2n) is 3.57. The van der Waals surface area contributed by atoms with Gasteiger partial charge in [0.05, 0.1) is 5.69 Å². The zero-order valence-corrected chi connectivity index (χ0v) is 7.73. The lowest BCUT2D eigenvalue weighted by Crippen LogP contribution is -2.13. The molecule has 1 aliphatic heterocycles. The van der Waals surface area contributed by atoms with Crippen molar-refractivity contribution in [2.75, 3.05) is 20.1 Å². The lowest BCUT2D eigenvalue weighted by atomic mass is 10.1. The van der Waals surface area contributed by atoms with E-state index in [9.17, 15) is 0 Å². The van der Waals surface area contributed by atoms with Gasteiger partial charge in [0.2, 0.25) is 5.89 Å². The maximum absolute atomic E-state index is 8.78. The summed E-state index contributed by atoms with van der Waals surface area (Å²) in [6, 6.07) is 0. The van der Waals surface area contributed by atoms with E-state index in [0.717, 1.165) is 25.2 Å². The van der Waals surface area contributed by atoms with Crippen LogP contribution in [0.1, 0.15) is 23.9 Å². The summed E-state index contributed by atoms with van der Waals surface area (Å²) in [4.78, 5) is 6.48. The van der Waals surface area contributed by atoms with Gasteiger partial charge in [-0.1, -0.05) is 0 Å². The van der Waals surface area contributed by atoms with Gasteiger partial charge in [0.15, 0.2) is 0 Å². The Hall–Kier alpha value is -0.870. The quantitative estimate of drug-likeness (QED) is 0.727. The minimum absolute atomic E-state index is 0.109. The molecule has 0 radical (unpaired) electrons. The van der Waals surface area contributed by atoms with Crippen LogP contribution in [0.15, 0.2) is 10.7 Å². The van der Waals surface area contributed by atoms with Gasteiger partial charge in [-0.2, -0.15) is 0 Å². The number of hydrogen-bond acceptors (Lipinski definition) is 4. The molecule has 4 heteroatoms. The number of nitrogens with zero attached hydrogens (tertiary/aromatic N) is 2. The zero-order chi connectivity index (χ0) is 9.26. The number of likely N-dealkylation sites (N-methyl/N-ethyl adjacent to an activating group) is 1. The Kier molecular flexibility index (Phi) is 2.33. The molecule has 4 nitrogen and oxygen atoms in total. The van der Waals surface area contributed by atoms with Gasteiger partial charge in [-0.25, -0.2) is 4.98 Å². The summed E-state index contributed by atoms with van der Waals surface area (Å²) in [5.41, 5.74) is 0.980. The van der Waals surface area contributed by atoms with Crippen LogP contribution in [0.5, 0.6) is 0 Å². The highest BCUT2D eigenvalue weighted by molar-refractivity contribution is 5.07. The number of likely N-dealkylation sites (tertiary alicyclic amines) is 1. The highest BCUT2D eigenvalue weighted by Gasteiger charge is 2.23. The minimum atomic E-state index is -0.109. The molecule has 1 aromatic heterocycles. The molecule has 0 aromatic carbocycles. The fourth-order valence-corrected chi connectivity index (χ4v) is 1.76. The van der Waals surface area contributed by atoms with Crippen molar-refractivity contribution in [3.63, 3.8) is 0 Å². The normalized spacial score (nSPS) is 24.0. The van der Waals surface area contributed by atoms with E-state index in [1.807, 2.05) is 0 Å². The molecular weight excluding hydrogens is 168 g/mol. The summed E-state index contributed by atoms with van der Waals surface area (Å²) < 4.78 is 5.08. The molecule has 1 saturated heterocycles. The molecule has 13 heavy (non-hydrogen) atoms. The van der Waals surface area contributed by atoms with Crippen molar-refractivity contribution >= 4 is 0 Å². The van der Waals surface area contributed by atoms with Crippen LogP contribution >= 0.6 is 0 Å². The Morgan fingerprint density at radius 1 is 1.77 bits per heavy atom. The first-order chi connectivity index (χ1) is 6.29. The van der Waals surface area contributed by atoms with Gasteiger partial charge in [0.1, 0.15) is 12.9 Å². The number of oxazole rings is 1. The molecule has 1 unspecified atom stereocenters. The van der Waals surface area contributed by atoms with E-state index in [2.05, 4.69) is 16.9 Å². The molecule has 2 heterocycles. The van der Waals surface area contributed by atoms with Crippen molar-refractivity contribution in [3.05, 3.63) is 17.8 Å². The highest BCUT2D eigenvalue weighted by atomic mass is 16.4. The van der Waals surface area contributed by atoms with Gasteiger partial charge in [-0.3, -0.25) is 0 Å². The Morgan fingerprint density at radius 3 is 3.15 bits per heavy atom. The average molecular weight is 182 g/mol. The van der Waals surface area contributed by atoms with Gasteiger partial charge in [-0.15, -0.1) is 0 Å². The lowest BCUT2D eigenvalue weighted by Gasteiger charge is -2.06. The van der Waals surface area contributed by atoms with Crippen LogP contribution in [0.4, 0.5) is 0 Å². The summed E-state index contributed by atoms with van der Waals surface area (Å²) in [7, 11) is 2.10. The van der Waals surface area contributed by atoms with E-state index in [0.29, 0.717) is 11.8 Å². The molecule has 1 atom stereocenters. The lowest BCUT2D eigenvalue weighted by molar-refractivity contribution is 0.240. The molecule has 0 bridgehead atoms. The molecule has 1 fully saturated rings. The first kappa shape index (κ1) is 8.72. The van der Waals surface area contributed by atoms with Gasteiger partial charge in [0.25, 0.3) is 0 Å². The van der Waals surface area contributed by atoms with Gasteiger partial charge >= 0.3 is 0 Å².